The number of hydrogen-bond donors (Lipinski definition) is 3. The van der Waals surface area contributed by atoms with Gasteiger partial charge < -0.3 is 20.3 Å². The Morgan fingerprint density at radius 3 is 2.42 bits per heavy atom. The molecule has 0 radical (unpaired) electrons. The monoisotopic (exact) mass is 648 g/mol. The number of nitrogens with two attached hydrogens (primary N) is 1. The molecule has 1 saturated heterocycles. The molecule has 7 nitrogen and oxygen atoms in total. The summed E-state index contributed by atoms with van der Waals surface area (Å²) in [5.74, 6) is 5.09. The average Bonchev–Trinajstić information content (AvgIpc) is 3.26. The van der Waals surface area contributed by atoms with Crippen LogP contribution in [0, 0.1) is 11.8 Å². The molecular weight excluding hydrogens is 618 g/mol. The molecule has 0 atom stereocenters. The van der Waals surface area contributed by atoms with Crippen molar-refractivity contribution in [3.05, 3.63) is 46.8 Å². The molecule has 1 aliphatic rings. The Hall–Kier alpha value is -3.19. The van der Waals surface area contributed by atoms with E-state index in [0.717, 1.165) is 61.6 Å². The molecule has 1 fully saturated rings. The SMILES string of the molecule is CCN1CCC(Nc2cccc3c(CC(F)(F)F)c(C#CCNc4ccc(S(N)(=O)=O)cc4OCC(F)(F)F)sc23)CC1. The van der Waals surface area contributed by atoms with Crippen LogP contribution in [0.2, 0.25) is 0 Å². The molecule has 3 aromatic rings. The van der Waals surface area contributed by atoms with Crippen molar-refractivity contribution in [2.75, 3.05) is 43.4 Å². The van der Waals surface area contributed by atoms with Crippen LogP contribution in [0.5, 0.6) is 5.75 Å². The number of ether oxygens (including phenoxy) is 1. The molecule has 2 heterocycles. The number of anilines is 2. The van der Waals surface area contributed by atoms with Gasteiger partial charge in [-0.3, -0.25) is 0 Å². The molecule has 4 N–H and O–H groups in total. The summed E-state index contributed by atoms with van der Waals surface area (Å²) in [6.45, 7) is 3.07. The van der Waals surface area contributed by atoms with E-state index >= 15 is 0 Å². The van der Waals surface area contributed by atoms with E-state index in [1.807, 2.05) is 6.07 Å². The van der Waals surface area contributed by atoms with Crippen molar-refractivity contribution in [2.45, 2.75) is 49.5 Å². The number of nitrogens with one attached hydrogen (secondary N) is 2. The summed E-state index contributed by atoms with van der Waals surface area (Å²) in [4.78, 5) is 2.11. The van der Waals surface area contributed by atoms with Gasteiger partial charge in [-0.15, -0.1) is 11.3 Å². The van der Waals surface area contributed by atoms with Crippen molar-refractivity contribution >= 4 is 42.8 Å². The molecular formula is C28H30F6N4O3S2. The maximum atomic E-state index is 13.6. The summed E-state index contributed by atoms with van der Waals surface area (Å²) in [7, 11) is -4.22. The summed E-state index contributed by atoms with van der Waals surface area (Å²) in [5.41, 5.74) is 0.794. The number of piperidine rings is 1. The maximum absolute atomic E-state index is 13.6. The number of benzene rings is 2. The molecule has 43 heavy (non-hydrogen) atoms. The summed E-state index contributed by atoms with van der Waals surface area (Å²) in [6, 6.07) is 8.49. The standard InChI is InChI=1S/C28H30F6N4O3S2/c1-2-38-13-10-18(11-14-38)37-23-6-3-5-20-21(16-27(29,30)31)25(42-26(20)23)7-4-12-36-22-9-8-19(43(35,39)40)15-24(22)41-17-28(32,33)34/h3,5-6,8-9,15,18,36-37H,2,10-14,16-17H2,1H3,(H2,35,39,40). The van der Waals surface area contributed by atoms with Gasteiger partial charge in [0.25, 0.3) is 0 Å². The molecule has 1 aliphatic heterocycles. The highest BCUT2D eigenvalue weighted by molar-refractivity contribution is 7.89. The minimum Gasteiger partial charge on any atom is -0.482 e. The molecule has 0 bridgehead atoms. The summed E-state index contributed by atoms with van der Waals surface area (Å²) in [6.07, 6.45) is -8.51. The van der Waals surface area contributed by atoms with Crippen LogP contribution in [0.25, 0.3) is 10.1 Å². The smallest absolute Gasteiger partial charge is 0.422 e. The third-order valence-electron chi connectivity index (χ3n) is 6.83. The van der Waals surface area contributed by atoms with Gasteiger partial charge in [-0.2, -0.15) is 26.3 Å². The Bertz CT molecular complexity index is 1600. The molecule has 234 valence electrons. The first kappa shape index (κ1) is 32.7. The lowest BCUT2D eigenvalue weighted by Crippen LogP contribution is -2.38. The van der Waals surface area contributed by atoms with Gasteiger partial charge in [0, 0.05) is 25.2 Å². The fraction of sp³-hybridized carbons (Fsp3) is 0.429. The second kappa shape index (κ2) is 13.2. The van der Waals surface area contributed by atoms with Gasteiger partial charge in [-0.1, -0.05) is 30.9 Å². The van der Waals surface area contributed by atoms with Crippen LogP contribution in [0.15, 0.2) is 41.3 Å². The third-order valence-corrected chi connectivity index (χ3v) is 8.94. The first-order chi connectivity index (χ1) is 20.1. The zero-order valence-corrected chi connectivity index (χ0v) is 24.7. The number of rotatable bonds is 9. The number of thiophene rings is 1. The Kier molecular flexibility index (Phi) is 10.1. The number of nitrogens with zero attached hydrogens (tertiary/aromatic N) is 1. The Morgan fingerprint density at radius 2 is 1.79 bits per heavy atom. The second-order valence-corrected chi connectivity index (χ2v) is 12.6. The fourth-order valence-corrected chi connectivity index (χ4v) is 6.44. The van der Waals surface area contributed by atoms with Crippen LogP contribution in [0.4, 0.5) is 37.7 Å². The predicted octanol–water partition coefficient (Wildman–Crippen LogP) is 5.95. The van der Waals surface area contributed by atoms with E-state index < -0.39 is 46.0 Å². The lowest BCUT2D eigenvalue weighted by atomic mass is 10.0. The van der Waals surface area contributed by atoms with Crippen molar-refractivity contribution in [3.8, 4) is 17.6 Å². The first-order valence-electron chi connectivity index (χ1n) is 13.3. The molecule has 15 heteroatoms. The lowest BCUT2D eigenvalue weighted by Gasteiger charge is -2.32. The molecule has 0 saturated carbocycles. The van der Waals surface area contributed by atoms with Crippen LogP contribution in [-0.4, -0.2) is 64.5 Å². The molecule has 0 spiro atoms. The summed E-state index contributed by atoms with van der Waals surface area (Å²) < 4.78 is 108. The second-order valence-electron chi connectivity index (χ2n) is 10.00. The Morgan fingerprint density at radius 1 is 1.07 bits per heavy atom. The predicted molar refractivity (Wildman–Crippen MR) is 155 cm³/mol. The van der Waals surface area contributed by atoms with Crippen LogP contribution in [-0.2, 0) is 16.4 Å². The van der Waals surface area contributed by atoms with E-state index in [-0.39, 0.29) is 28.7 Å². The Balaban J connectivity index is 1.58. The van der Waals surface area contributed by atoms with Gasteiger partial charge in [0.2, 0.25) is 10.0 Å². The lowest BCUT2D eigenvalue weighted by molar-refractivity contribution is -0.153. The number of halogens is 6. The number of primary sulfonamides is 1. The fourth-order valence-electron chi connectivity index (χ4n) is 4.74. The number of alkyl halides is 6. The highest BCUT2D eigenvalue weighted by atomic mass is 32.2. The van der Waals surface area contributed by atoms with Gasteiger partial charge in [-0.25, -0.2) is 13.6 Å². The zero-order chi connectivity index (χ0) is 31.4. The molecule has 0 aliphatic carbocycles. The largest absolute Gasteiger partial charge is 0.482 e. The zero-order valence-electron chi connectivity index (χ0n) is 23.0. The number of likely N-dealkylation sites (tertiary alicyclic amines) is 1. The summed E-state index contributed by atoms with van der Waals surface area (Å²) >= 11 is 1.15. The van der Waals surface area contributed by atoms with E-state index in [2.05, 4.69) is 34.3 Å². The molecule has 1 aromatic heterocycles. The highest BCUT2D eigenvalue weighted by Gasteiger charge is 2.32. The minimum atomic E-state index is -4.69. The van der Waals surface area contributed by atoms with Gasteiger partial charge >= 0.3 is 12.4 Å². The van der Waals surface area contributed by atoms with Crippen molar-refractivity contribution in [1.29, 1.82) is 0 Å². The first-order valence-corrected chi connectivity index (χ1v) is 15.7. The van der Waals surface area contributed by atoms with Crippen molar-refractivity contribution in [1.82, 2.24) is 4.90 Å². The van der Waals surface area contributed by atoms with Crippen LogP contribution in [0.3, 0.4) is 0 Å². The van der Waals surface area contributed by atoms with Gasteiger partial charge in [-0.05, 0) is 48.5 Å². The van der Waals surface area contributed by atoms with Crippen LogP contribution >= 0.6 is 11.3 Å². The Labute approximate surface area is 249 Å². The number of fused-ring (bicyclic) bond motifs is 1. The van der Waals surface area contributed by atoms with E-state index in [1.54, 1.807) is 12.1 Å². The van der Waals surface area contributed by atoms with E-state index in [4.69, 9.17) is 9.88 Å². The normalized spacial score (nSPS) is 15.3. The molecule has 2 aromatic carbocycles. The quantitative estimate of drug-likeness (QED) is 0.196. The number of hydrogen-bond acceptors (Lipinski definition) is 7. The van der Waals surface area contributed by atoms with E-state index in [0.29, 0.717) is 10.1 Å². The third kappa shape index (κ3) is 9.15. The van der Waals surface area contributed by atoms with Gasteiger partial charge in [0.05, 0.1) is 38.8 Å². The van der Waals surface area contributed by atoms with Crippen LogP contribution in [0.1, 0.15) is 30.2 Å². The topological polar surface area (TPSA) is 96.7 Å². The van der Waals surface area contributed by atoms with Crippen molar-refractivity contribution in [2.24, 2.45) is 5.14 Å². The van der Waals surface area contributed by atoms with Gasteiger partial charge in [0.15, 0.2) is 6.61 Å². The molecule has 0 unspecified atom stereocenters. The number of sulfonamides is 1. The minimum absolute atomic E-state index is 0.00147. The van der Waals surface area contributed by atoms with Crippen LogP contribution < -0.4 is 20.5 Å². The van der Waals surface area contributed by atoms with E-state index in [9.17, 15) is 34.8 Å². The van der Waals surface area contributed by atoms with E-state index in [1.165, 1.54) is 6.07 Å². The average molecular weight is 649 g/mol. The maximum Gasteiger partial charge on any atom is 0.422 e. The molecule has 0 amide bonds. The molecule has 4 rings (SSSR count). The highest BCUT2D eigenvalue weighted by Crippen LogP contribution is 2.39. The van der Waals surface area contributed by atoms with Crippen molar-refractivity contribution in [3.63, 3.8) is 0 Å². The van der Waals surface area contributed by atoms with Crippen molar-refractivity contribution < 1.29 is 39.5 Å². The van der Waals surface area contributed by atoms with Gasteiger partial charge in [0.1, 0.15) is 5.75 Å². The summed E-state index contributed by atoms with van der Waals surface area (Å²) in [5, 5.41) is 11.8.